The van der Waals surface area contributed by atoms with Gasteiger partial charge < -0.3 is 5.32 Å². The fraction of sp³-hybridized carbons (Fsp3) is 0.200. The summed E-state index contributed by atoms with van der Waals surface area (Å²) in [6.07, 6.45) is 1.85. The molecule has 0 bridgehead atoms. The second kappa shape index (κ2) is 7.75. The zero-order valence-electron chi connectivity index (χ0n) is 15.1. The van der Waals surface area contributed by atoms with Crippen molar-refractivity contribution in [3.63, 3.8) is 0 Å². The van der Waals surface area contributed by atoms with Crippen molar-refractivity contribution in [2.75, 3.05) is 5.32 Å². The molecular formula is C20H21N3O3S. The highest BCUT2D eigenvalue weighted by Gasteiger charge is 2.18. The number of aromatic nitrogens is 2. The molecule has 0 spiro atoms. The van der Waals surface area contributed by atoms with E-state index in [0.717, 1.165) is 16.8 Å². The molecule has 2 aromatic carbocycles. The highest BCUT2D eigenvalue weighted by molar-refractivity contribution is 7.92. The topological polar surface area (TPSA) is 91.9 Å². The van der Waals surface area contributed by atoms with Crippen LogP contribution in [0.3, 0.4) is 0 Å². The highest BCUT2D eigenvalue weighted by Crippen LogP contribution is 2.20. The number of hydrogen-bond donors (Lipinski definition) is 2. The summed E-state index contributed by atoms with van der Waals surface area (Å²) < 4.78 is 24.3. The van der Waals surface area contributed by atoms with Crippen molar-refractivity contribution in [2.24, 2.45) is 0 Å². The fourth-order valence-corrected chi connectivity index (χ4v) is 3.67. The first-order valence-corrected chi connectivity index (χ1v) is 10.1. The summed E-state index contributed by atoms with van der Waals surface area (Å²) in [5, 5.41) is 9.17. The number of benzene rings is 2. The molecule has 2 N–H and O–H groups in total. The van der Waals surface area contributed by atoms with Crippen LogP contribution >= 0.6 is 0 Å². The molecule has 1 heterocycles. The van der Waals surface area contributed by atoms with Crippen LogP contribution in [0, 0.1) is 0 Å². The van der Waals surface area contributed by atoms with Gasteiger partial charge in [0.05, 0.1) is 22.3 Å². The third-order valence-electron chi connectivity index (χ3n) is 4.22. The van der Waals surface area contributed by atoms with E-state index in [-0.39, 0.29) is 17.2 Å². The Hall–Kier alpha value is -2.93. The van der Waals surface area contributed by atoms with E-state index in [2.05, 4.69) is 15.5 Å². The number of rotatable bonds is 6. The Morgan fingerprint density at radius 1 is 1.04 bits per heavy atom. The van der Waals surface area contributed by atoms with Crippen LogP contribution in [0.15, 0.2) is 65.7 Å². The van der Waals surface area contributed by atoms with Gasteiger partial charge in [-0.1, -0.05) is 24.3 Å². The molecule has 1 amide bonds. The van der Waals surface area contributed by atoms with Crippen LogP contribution in [0.4, 0.5) is 5.69 Å². The molecule has 3 rings (SSSR count). The number of hydrogen-bond acceptors (Lipinski definition) is 4. The number of sulfone groups is 1. The quantitative estimate of drug-likeness (QED) is 0.682. The Balaban J connectivity index is 1.62. The van der Waals surface area contributed by atoms with Gasteiger partial charge in [0.25, 0.3) is 0 Å². The van der Waals surface area contributed by atoms with Gasteiger partial charge in [0.15, 0.2) is 9.84 Å². The smallest absolute Gasteiger partial charge is 0.228 e. The Bertz CT molecular complexity index is 1010. The maximum absolute atomic E-state index is 12.2. The van der Waals surface area contributed by atoms with Gasteiger partial charge in [-0.15, -0.1) is 0 Å². The maximum Gasteiger partial charge on any atom is 0.228 e. The molecule has 0 aliphatic carbocycles. The van der Waals surface area contributed by atoms with E-state index in [1.54, 1.807) is 44.3 Å². The van der Waals surface area contributed by atoms with Crippen molar-refractivity contribution in [1.82, 2.24) is 10.2 Å². The summed E-state index contributed by atoms with van der Waals surface area (Å²) in [4.78, 5) is 12.5. The van der Waals surface area contributed by atoms with Gasteiger partial charge in [-0.05, 0) is 55.3 Å². The third-order valence-corrected chi connectivity index (χ3v) is 6.39. The van der Waals surface area contributed by atoms with Gasteiger partial charge in [-0.3, -0.25) is 9.89 Å². The molecule has 27 heavy (non-hydrogen) atoms. The van der Waals surface area contributed by atoms with Crippen LogP contribution in [0.1, 0.15) is 19.4 Å². The lowest BCUT2D eigenvalue weighted by Gasteiger charge is -2.09. The molecule has 0 aliphatic heterocycles. The molecule has 0 unspecified atom stereocenters. The van der Waals surface area contributed by atoms with Crippen LogP contribution in [-0.2, 0) is 21.1 Å². The summed E-state index contributed by atoms with van der Waals surface area (Å²) in [7, 11) is -3.30. The minimum absolute atomic E-state index is 0.163. The summed E-state index contributed by atoms with van der Waals surface area (Å²) in [5.74, 6) is -0.163. The van der Waals surface area contributed by atoms with Gasteiger partial charge in [0.1, 0.15) is 0 Å². The average molecular weight is 383 g/mol. The average Bonchev–Trinajstić information content (AvgIpc) is 3.17. The lowest BCUT2D eigenvalue weighted by Crippen LogP contribution is -2.15. The number of carbonyl (C=O) groups is 1. The monoisotopic (exact) mass is 383 g/mol. The molecule has 1 aromatic heterocycles. The molecule has 3 aromatic rings. The summed E-state index contributed by atoms with van der Waals surface area (Å²) >= 11 is 0. The number of H-pyrrole nitrogens is 1. The van der Waals surface area contributed by atoms with Crippen molar-refractivity contribution < 1.29 is 13.2 Å². The van der Waals surface area contributed by atoms with Crippen LogP contribution < -0.4 is 5.32 Å². The van der Waals surface area contributed by atoms with Gasteiger partial charge in [-0.25, -0.2) is 8.42 Å². The van der Waals surface area contributed by atoms with Gasteiger partial charge in [0.2, 0.25) is 5.91 Å². The van der Waals surface area contributed by atoms with E-state index in [0.29, 0.717) is 5.69 Å². The van der Waals surface area contributed by atoms with Crippen LogP contribution in [0.25, 0.3) is 11.3 Å². The first kappa shape index (κ1) is 18.8. The molecular weight excluding hydrogens is 362 g/mol. The van der Waals surface area contributed by atoms with E-state index in [9.17, 15) is 13.2 Å². The zero-order valence-corrected chi connectivity index (χ0v) is 16.0. The second-order valence-corrected chi connectivity index (χ2v) is 9.01. The lowest BCUT2D eigenvalue weighted by molar-refractivity contribution is -0.115. The summed E-state index contributed by atoms with van der Waals surface area (Å²) in [6, 6.07) is 15.8. The molecule has 0 saturated heterocycles. The zero-order chi connectivity index (χ0) is 19.4. The molecule has 7 heteroatoms. The van der Waals surface area contributed by atoms with Crippen molar-refractivity contribution in [3.05, 3.63) is 66.4 Å². The minimum Gasteiger partial charge on any atom is -0.326 e. The van der Waals surface area contributed by atoms with Gasteiger partial charge in [0, 0.05) is 11.9 Å². The summed E-state index contributed by atoms with van der Waals surface area (Å²) in [5.41, 5.74) is 3.34. The van der Waals surface area contributed by atoms with Gasteiger partial charge >= 0.3 is 0 Å². The number of nitrogens with zero attached hydrogens (tertiary/aromatic N) is 1. The first-order chi connectivity index (χ1) is 12.9. The fourth-order valence-electron chi connectivity index (χ4n) is 2.61. The first-order valence-electron chi connectivity index (χ1n) is 8.59. The van der Waals surface area contributed by atoms with Crippen molar-refractivity contribution >= 4 is 21.4 Å². The molecule has 6 nitrogen and oxygen atoms in total. The maximum atomic E-state index is 12.2. The molecule has 0 atom stereocenters. The van der Waals surface area contributed by atoms with E-state index in [4.69, 9.17) is 0 Å². The van der Waals surface area contributed by atoms with Crippen molar-refractivity contribution in [3.8, 4) is 11.3 Å². The number of amides is 1. The second-order valence-electron chi connectivity index (χ2n) is 6.51. The molecule has 140 valence electrons. The van der Waals surface area contributed by atoms with E-state index in [1.165, 1.54) is 0 Å². The predicted molar refractivity (Wildman–Crippen MR) is 105 cm³/mol. The lowest BCUT2D eigenvalue weighted by atomic mass is 10.1. The molecule has 0 saturated carbocycles. The van der Waals surface area contributed by atoms with Crippen LogP contribution in [-0.4, -0.2) is 29.8 Å². The molecule has 0 aliphatic rings. The summed E-state index contributed by atoms with van der Waals surface area (Å²) in [6.45, 7) is 3.29. The van der Waals surface area contributed by atoms with E-state index in [1.807, 2.05) is 30.3 Å². The molecule has 0 fully saturated rings. The van der Waals surface area contributed by atoms with Crippen LogP contribution in [0.5, 0.6) is 0 Å². The Morgan fingerprint density at radius 3 is 2.26 bits per heavy atom. The Kier molecular flexibility index (Phi) is 5.41. The van der Waals surface area contributed by atoms with Crippen LogP contribution in [0.2, 0.25) is 0 Å². The van der Waals surface area contributed by atoms with Crippen molar-refractivity contribution in [2.45, 2.75) is 30.4 Å². The van der Waals surface area contributed by atoms with E-state index < -0.39 is 15.1 Å². The van der Waals surface area contributed by atoms with E-state index >= 15 is 0 Å². The normalized spacial score (nSPS) is 11.5. The molecule has 0 radical (unpaired) electrons. The number of nitrogens with one attached hydrogen (secondary N) is 2. The highest BCUT2D eigenvalue weighted by atomic mass is 32.2. The SMILES string of the molecule is CC(C)S(=O)(=O)c1ccc(CC(=O)Nc2ccc(-c3ccn[nH]3)cc2)cc1. The number of carbonyl (C=O) groups excluding carboxylic acids is 1. The Morgan fingerprint density at radius 2 is 1.70 bits per heavy atom. The minimum atomic E-state index is -3.30. The third kappa shape index (κ3) is 4.43. The number of anilines is 1. The Labute approximate surface area is 158 Å². The van der Waals surface area contributed by atoms with Crippen molar-refractivity contribution in [1.29, 1.82) is 0 Å². The van der Waals surface area contributed by atoms with Gasteiger partial charge in [-0.2, -0.15) is 5.10 Å². The predicted octanol–water partition coefficient (Wildman–Crippen LogP) is 3.44. The largest absolute Gasteiger partial charge is 0.326 e. The number of aromatic amines is 1. The standard InChI is InChI=1S/C20H21N3O3S/c1-14(2)27(25,26)18-9-3-15(4-10-18)13-20(24)22-17-7-5-16(6-8-17)19-11-12-21-23-19/h3-12,14H,13H2,1-2H3,(H,21,23)(H,22,24).